The highest BCUT2D eigenvalue weighted by Gasteiger charge is 2.43. The summed E-state index contributed by atoms with van der Waals surface area (Å²) in [6.45, 7) is 0.290. The van der Waals surface area contributed by atoms with Crippen LogP contribution in [0.25, 0.3) is 0 Å². The van der Waals surface area contributed by atoms with E-state index < -0.39 is 0 Å². The number of hydrogen-bond acceptors (Lipinski definition) is 2. The van der Waals surface area contributed by atoms with E-state index in [0.29, 0.717) is 0 Å². The van der Waals surface area contributed by atoms with Gasteiger partial charge in [-0.05, 0) is 70.3 Å². The van der Waals surface area contributed by atoms with E-state index in [1.165, 1.54) is 55.3 Å². The molecule has 6 aromatic rings. The molecule has 190 valence electrons. The van der Waals surface area contributed by atoms with Gasteiger partial charge in [0.15, 0.2) is 0 Å². The number of hydrogen-bond donors (Lipinski definition) is 0. The quantitative estimate of drug-likeness (QED) is 0.311. The van der Waals surface area contributed by atoms with E-state index in [1.54, 1.807) is 0 Å². The van der Waals surface area contributed by atoms with Crippen LogP contribution in [0.2, 0.25) is 0 Å². The molecule has 0 aliphatic carbocycles. The van der Waals surface area contributed by atoms with Crippen molar-refractivity contribution >= 4 is 63.3 Å². The van der Waals surface area contributed by atoms with Crippen LogP contribution in [0, 0.1) is 0 Å². The first-order chi connectivity index (χ1) is 20.3. The molecule has 0 spiro atoms. The molecule has 41 heavy (non-hydrogen) atoms. The van der Waals surface area contributed by atoms with E-state index in [9.17, 15) is 0 Å². The smallest absolute Gasteiger partial charge is 0.256 e. The van der Waals surface area contributed by atoms with Crippen molar-refractivity contribution in [3.63, 3.8) is 0 Å². The fourth-order valence-corrected chi connectivity index (χ4v) is 7.37. The van der Waals surface area contributed by atoms with Gasteiger partial charge in [0, 0.05) is 17.1 Å². The van der Waals surface area contributed by atoms with E-state index in [-0.39, 0.29) is 13.4 Å². The lowest BCUT2D eigenvalue weighted by molar-refractivity contribution is 0.487. The molecule has 0 bridgehead atoms. The summed E-state index contributed by atoms with van der Waals surface area (Å²) in [5.74, 6) is 1.89. The minimum absolute atomic E-state index is 0.0972. The summed E-state index contributed by atoms with van der Waals surface area (Å²) >= 11 is 0. The van der Waals surface area contributed by atoms with Crippen LogP contribution < -0.4 is 42.4 Å². The molecule has 4 heteroatoms. The van der Waals surface area contributed by atoms with Gasteiger partial charge >= 0.3 is 0 Å². The van der Waals surface area contributed by atoms with Gasteiger partial charge in [-0.1, -0.05) is 120 Å². The third kappa shape index (κ3) is 3.34. The van der Waals surface area contributed by atoms with Crippen LogP contribution in [-0.2, 0) is 6.42 Å². The molecule has 3 heterocycles. The Morgan fingerprint density at radius 2 is 1.20 bits per heavy atom. The third-order valence-corrected chi connectivity index (χ3v) is 9.07. The van der Waals surface area contributed by atoms with E-state index >= 15 is 0 Å². The van der Waals surface area contributed by atoms with E-state index in [1.807, 2.05) is 0 Å². The lowest BCUT2D eigenvalue weighted by atomic mass is 9.30. The zero-order chi connectivity index (χ0) is 26.9. The summed E-state index contributed by atoms with van der Waals surface area (Å²) in [5, 5.41) is 0. The molecule has 3 aliphatic rings. The van der Waals surface area contributed by atoms with Crippen molar-refractivity contribution in [2.75, 3.05) is 4.90 Å². The normalized spacial score (nSPS) is 13.8. The van der Waals surface area contributed by atoms with Gasteiger partial charge in [0.1, 0.15) is 11.5 Å². The Bertz CT molecular complexity index is 1970. The number of fused-ring (bicyclic) bond motifs is 6. The Morgan fingerprint density at radius 1 is 0.488 bits per heavy atom. The van der Waals surface area contributed by atoms with Gasteiger partial charge in [-0.3, -0.25) is 0 Å². The summed E-state index contributed by atoms with van der Waals surface area (Å²) in [4.78, 5) is 2.44. The van der Waals surface area contributed by atoms with Crippen LogP contribution in [0.4, 0.5) is 17.1 Å². The molecule has 2 nitrogen and oxygen atoms in total. The van der Waals surface area contributed by atoms with Gasteiger partial charge in [0.2, 0.25) is 6.71 Å². The topological polar surface area (TPSA) is 12.5 Å². The first kappa shape index (κ1) is 22.8. The Kier molecular flexibility index (Phi) is 4.89. The summed E-state index contributed by atoms with van der Waals surface area (Å²) in [6, 6.07) is 50.8. The van der Waals surface area contributed by atoms with Crippen LogP contribution in [0.3, 0.4) is 0 Å². The van der Waals surface area contributed by atoms with Gasteiger partial charge in [0.05, 0.1) is 0 Å². The lowest BCUT2D eigenvalue weighted by Crippen LogP contribution is -2.63. The van der Waals surface area contributed by atoms with Crippen LogP contribution in [0.5, 0.6) is 11.5 Å². The highest BCUT2D eigenvalue weighted by molar-refractivity contribution is 7.01. The van der Waals surface area contributed by atoms with Crippen LogP contribution in [0.15, 0.2) is 140 Å². The first-order valence-electron chi connectivity index (χ1n) is 14.4. The highest BCUT2D eigenvalue weighted by atomic mass is 16.5. The summed E-state index contributed by atoms with van der Waals surface area (Å²) in [6.07, 6.45) is 0.933. The number of para-hydroxylation sites is 2. The predicted octanol–water partition coefficient (Wildman–Crippen LogP) is 4.51. The number of benzene rings is 6. The Morgan fingerprint density at radius 3 is 2.05 bits per heavy atom. The minimum atomic E-state index is 0.0972. The molecule has 0 unspecified atom stereocenters. The van der Waals surface area contributed by atoms with E-state index in [4.69, 9.17) is 4.74 Å². The molecular weight excluding hydrogens is 496 g/mol. The fourth-order valence-electron chi connectivity index (χ4n) is 7.37. The third-order valence-electron chi connectivity index (χ3n) is 9.07. The molecule has 0 radical (unpaired) electrons. The zero-order valence-corrected chi connectivity index (χ0v) is 22.5. The molecule has 0 fully saturated rings. The maximum absolute atomic E-state index is 6.55. The molecule has 0 N–H and O–H groups in total. The lowest BCUT2D eigenvalue weighted by Gasteiger charge is -2.41. The number of ether oxygens (including phenoxy) is 1. The molecule has 3 aliphatic heterocycles. The second kappa shape index (κ2) is 8.78. The molecule has 0 saturated carbocycles. The molecule has 0 aromatic heterocycles. The minimum Gasteiger partial charge on any atom is -0.458 e. The molecule has 6 aromatic carbocycles. The summed E-state index contributed by atoms with van der Waals surface area (Å²) in [7, 11) is 0. The van der Waals surface area contributed by atoms with E-state index in [0.717, 1.165) is 23.6 Å². The first-order valence-corrected chi connectivity index (χ1v) is 14.4. The maximum atomic E-state index is 6.55. The van der Waals surface area contributed by atoms with Gasteiger partial charge in [-0.2, -0.15) is 0 Å². The highest BCUT2D eigenvalue weighted by Crippen LogP contribution is 2.40. The number of nitrogens with zero attached hydrogens (tertiary/aromatic N) is 1. The molecule has 0 saturated heterocycles. The van der Waals surface area contributed by atoms with Crippen LogP contribution in [-0.4, -0.2) is 13.4 Å². The van der Waals surface area contributed by atoms with Gasteiger partial charge in [-0.15, -0.1) is 0 Å². The predicted molar refractivity (Wildman–Crippen MR) is 173 cm³/mol. The van der Waals surface area contributed by atoms with Crippen LogP contribution in [0.1, 0.15) is 11.1 Å². The standard InChI is InChI=1S/C37H25B2NO/c1-3-13-27(14-4-1)38-29-17-8-7-12-25(29)22-26-23-34-32(24-31(26)38)39-30-18-9-10-20-35(30)41-36-21-11-19-33(37(36)39)40(34)28-15-5-2-6-16-28/h1-21,23-24H,22H2. The average Bonchev–Trinajstić information content (AvgIpc) is 3.03. The average molecular weight is 521 g/mol. The largest absolute Gasteiger partial charge is 0.458 e. The maximum Gasteiger partial charge on any atom is 0.256 e. The summed E-state index contributed by atoms with van der Waals surface area (Å²) in [5.41, 5.74) is 14.4. The molecule has 9 rings (SSSR count). The Labute approximate surface area is 241 Å². The monoisotopic (exact) mass is 521 g/mol. The number of anilines is 3. The van der Waals surface area contributed by atoms with Gasteiger partial charge in [-0.25, -0.2) is 0 Å². The van der Waals surface area contributed by atoms with Gasteiger partial charge in [0.25, 0.3) is 6.71 Å². The molecule has 0 atom stereocenters. The zero-order valence-electron chi connectivity index (χ0n) is 22.5. The summed E-state index contributed by atoms with van der Waals surface area (Å²) < 4.78 is 6.55. The molecule has 0 amide bonds. The van der Waals surface area contributed by atoms with E-state index in [2.05, 4.69) is 144 Å². The van der Waals surface area contributed by atoms with Crippen molar-refractivity contribution in [1.82, 2.24) is 0 Å². The number of rotatable bonds is 2. The fraction of sp³-hybridized carbons (Fsp3) is 0.0270. The van der Waals surface area contributed by atoms with Crippen molar-refractivity contribution in [2.24, 2.45) is 0 Å². The van der Waals surface area contributed by atoms with Crippen molar-refractivity contribution in [3.05, 3.63) is 151 Å². The van der Waals surface area contributed by atoms with Crippen molar-refractivity contribution in [3.8, 4) is 11.5 Å². The van der Waals surface area contributed by atoms with Crippen LogP contribution >= 0.6 is 0 Å². The van der Waals surface area contributed by atoms with Gasteiger partial charge < -0.3 is 9.64 Å². The van der Waals surface area contributed by atoms with Crippen molar-refractivity contribution in [2.45, 2.75) is 6.42 Å². The second-order valence-electron chi connectivity index (χ2n) is 11.3. The van der Waals surface area contributed by atoms with Crippen molar-refractivity contribution < 1.29 is 4.74 Å². The van der Waals surface area contributed by atoms with Crippen molar-refractivity contribution in [1.29, 1.82) is 0 Å². The Hall–Kier alpha value is -4.95. The SMILES string of the molecule is c1ccc(B2c3ccccc3Cc3cc4c(cc32)B2c3ccccc3Oc3cccc(c32)N4c2ccccc2)cc1. The Balaban J connectivity index is 1.36. The molecular formula is C37H25B2NO. The second-order valence-corrected chi connectivity index (χ2v) is 11.3.